The molecule has 2 aliphatic rings. The van der Waals surface area contributed by atoms with Gasteiger partial charge in [0.25, 0.3) is 0 Å². The zero-order valence-electron chi connectivity index (χ0n) is 31.2. The summed E-state index contributed by atoms with van der Waals surface area (Å²) in [4.78, 5) is 9.04. The molecule has 264 valence electrons. The van der Waals surface area contributed by atoms with E-state index in [2.05, 4.69) is 173 Å². The van der Waals surface area contributed by atoms with Crippen LogP contribution in [0, 0.1) is 12.2 Å². The number of pyridine rings is 2. The summed E-state index contributed by atoms with van der Waals surface area (Å²) in [5.74, 6) is 0.259. The molecule has 0 saturated carbocycles. The summed E-state index contributed by atoms with van der Waals surface area (Å²) in [5.41, 5.74) is 15.3. The molecule has 0 saturated heterocycles. The van der Waals surface area contributed by atoms with Gasteiger partial charge in [0.1, 0.15) is 0 Å². The minimum absolute atomic E-state index is 0. The number of aromatic nitrogens is 2. The topological polar surface area (TPSA) is 25.8 Å². The van der Waals surface area contributed by atoms with Crippen molar-refractivity contribution in [2.24, 2.45) is 0 Å². The second-order valence-corrected chi connectivity index (χ2v) is 15.3. The fourth-order valence-electron chi connectivity index (χ4n) is 6.89. The molecule has 0 aliphatic heterocycles. The van der Waals surface area contributed by atoms with Gasteiger partial charge in [-0.2, -0.15) is 11.1 Å². The Morgan fingerprint density at radius 3 is 1.15 bits per heavy atom. The van der Waals surface area contributed by atoms with E-state index in [1.165, 1.54) is 55.6 Å². The van der Waals surface area contributed by atoms with Gasteiger partial charge in [0.2, 0.25) is 0 Å². The van der Waals surface area contributed by atoms with E-state index in [9.17, 15) is 0 Å². The first kappa shape index (κ1) is 41.9. The Bertz CT molecular complexity index is 2000. The van der Waals surface area contributed by atoms with Gasteiger partial charge < -0.3 is 24.8 Å². The van der Waals surface area contributed by atoms with E-state index in [1.54, 1.807) is 0 Å². The second-order valence-electron chi connectivity index (χ2n) is 15.3. The van der Waals surface area contributed by atoms with Crippen LogP contribution in [-0.2, 0) is 37.0 Å². The number of allylic oxidation sites excluding steroid dienone is 2. The summed E-state index contributed by atoms with van der Waals surface area (Å²) in [6, 6.07) is 43.1. The van der Waals surface area contributed by atoms with Crippen LogP contribution in [0.5, 0.6) is 0 Å². The van der Waals surface area contributed by atoms with Gasteiger partial charge in [0.05, 0.1) is 0 Å². The predicted octanol–water partition coefficient (Wildman–Crippen LogP) is 6.02. The van der Waals surface area contributed by atoms with E-state index in [-0.39, 0.29) is 73.7 Å². The number of halogens is 2. The van der Waals surface area contributed by atoms with Gasteiger partial charge in [-0.1, -0.05) is 150 Å². The Kier molecular flexibility index (Phi) is 13.8. The number of hydrogen-bond donors (Lipinski definition) is 0. The number of rotatable bonds is 4. The minimum Gasteiger partial charge on any atom is -1.00 e. The third kappa shape index (κ3) is 9.09. The van der Waals surface area contributed by atoms with Crippen LogP contribution in [0.2, 0.25) is 0 Å². The van der Waals surface area contributed by atoms with Crippen LogP contribution in [0.25, 0.3) is 34.4 Å². The van der Waals surface area contributed by atoms with E-state index in [0.29, 0.717) is 0 Å². The summed E-state index contributed by atoms with van der Waals surface area (Å²) >= 11 is 0. The monoisotopic (exact) mass is 808 g/mol. The van der Waals surface area contributed by atoms with Crippen LogP contribution >= 0.6 is 0 Å². The van der Waals surface area contributed by atoms with Crippen LogP contribution in [0.4, 0.5) is 0 Å². The van der Waals surface area contributed by atoms with Crippen LogP contribution in [0.3, 0.4) is 0 Å². The molecule has 2 atom stereocenters. The van der Waals surface area contributed by atoms with E-state index >= 15 is 0 Å². The van der Waals surface area contributed by atoms with Crippen LogP contribution < -0.4 is 24.8 Å². The maximum Gasteiger partial charge on any atom is 4.00 e. The maximum absolute atomic E-state index is 4.52. The Morgan fingerprint density at radius 2 is 0.830 bits per heavy atom. The van der Waals surface area contributed by atoms with Gasteiger partial charge >= 0.3 is 26.2 Å². The first-order valence-corrected chi connectivity index (χ1v) is 17.6. The predicted molar refractivity (Wildman–Crippen MR) is 209 cm³/mol. The molecule has 6 aromatic rings. The molecule has 2 unspecified atom stereocenters. The number of hydrogen-bond acceptors (Lipinski definition) is 2. The molecule has 0 fully saturated rings. The van der Waals surface area contributed by atoms with Crippen molar-refractivity contribution in [3.8, 4) is 22.3 Å². The van der Waals surface area contributed by atoms with Crippen molar-refractivity contribution in [2.45, 2.75) is 64.2 Å². The normalized spacial score (nSPS) is 15.1. The summed E-state index contributed by atoms with van der Waals surface area (Å²) in [5, 5.41) is 0. The third-order valence-electron chi connectivity index (χ3n) is 9.78. The largest absolute Gasteiger partial charge is 4.00 e. The SMILES string of the molecule is CC(C)(C)c1ccc(-c2cccc3c2C=[C-]C3c2ccccn2)cc1.CC(C)(C)c1ccc(-c2cccc3c2C=[C-]C3c2ccccn2)cc1.[Cl-].[Cl-].[Zr+4]. The fourth-order valence-corrected chi connectivity index (χ4v) is 6.89. The Balaban J connectivity index is 0.000000224. The molecule has 0 radical (unpaired) electrons. The van der Waals surface area contributed by atoms with Crippen molar-refractivity contribution in [1.82, 2.24) is 9.97 Å². The molecule has 2 aliphatic carbocycles. The number of nitrogens with zero attached hydrogens (tertiary/aromatic N) is 2. The molecule has 5 heteroatoms. The Labute approximate surface area is 347 Å². The van der Waals surface area contributed by atoms with E-state index in [4.69, 9.17) is 0 Å². The van der Waals surface area contributed by atoms with Crippen molar-refractivity contribution in [2.75, 3.05) is 0 Å². The zero-order valence-corrected chi connectivity index (χ0v) is 35.1. The van der Waals surface area contributed by atoms with Gasteiger partial charge in [0.15, 0.2) is 0 Å². The number of benzene rings is 4. The van der Waals surface area contributed by atoms with Crippen molar-refractivity contribution >= 4 is 12.2 Å². The molecule has 8 rings (SSSR count). The molecule has 4 aromatic carbocycles. The van der Waals surface area contributed by atoms with E-state index in [1.807, 2.05) is 36.7 Å². The molecule has 0 amide bonds. The van der Waals surface area contributed by atoms with Gasteiger partial charge in [-0.25, -0.2) is 12.2 Å². The summed E-state index contributed by atoms with van der Waals surface area (Å²) in [6.45, 7) is 13.5. The smallest absolute Gasteiger partial charge is 1.00 e. The molecular formula is C48H44Cl2N2Zr. The van der Waals surface area contributed by atoms with Crippen LogP contribution in [0.15, 0.2) is 134 Å². The minimum atomic E-state index is 0. The standard InChI is InChI=1S/2C24H22N.2ClH.Zr/c2*1-24(2,3)18-12-10-17(11-13-18)19-7-6-8-20-21(19)14-15-22(20)23-9-4-5-16-25-23;;;/h2*4-14,16,22H,1-3H3;2*1H;/q2*-1;;;+4/p-2. The zero-order chi connectivity index (χ0) is 34.9. The average molecular weight is 811 g/mol. The maximum atomic E-state index is 4.52. The summed E-state index contributed by atoms with van der Waals surface area (Å²) in [7, 11) is 0. The van der Waals surface area contributed by atoms with Crippen molar-refractivity contribution < 1.29 is 51.0 Å². The Hall–Kier alpha value is -3.88. The van der Waals surface area contributed by atoms with Gasteiger partial charge in [-0.15, -0.1) is 11.1 Å². The molecule has 2 heterocycles. The second kappa shape index (κ2) is 17.5. The van der Waals surface area contributed by atoms with Gasteiger partial charge in [0, 0.05) is 23.8 Å². The fraction of sp³-hybridized carbons (Fsp3) is 0.208. The van der Waals surface area contributed by atoms with E-state index < -0.39 is 0 Å². The molecular weight excluding hydrogens is 767 g/mol. The molecule has 0 spiro atoms. The summed E-state index contributed by atoms with van der Waals surface area (Å²) < 4.78 is 0. The average Bonchev–Trinajstić information content (AvgIpc) is 3.77. The van der Waals surface area contributed by atoms with Crippen molar-refractivity contribution in [3.05, 3.63) is 191 Å². The molecule has 0 N–H and O–H groups in total. The molecule has 53 heavy (non-hydrogen) atoms. The first-order chi connectivity index (χ1) is 24.1. The Morgan fingerprint density at radius 1 is 0.453 bits per heavy atom. The van der Waals surface area contributed by atoms with E-state index in [0.717, 1.165) is 11.4 Å². The van der Waals surface area contributed by atoms with Gasteiger partial charge in [-0.3, -0.25) is 22.1 Å². The van der Waals surface area contributed by atoms with Gasteiger partial charge in [-0.05, 0) is 69.2 Å². The van der Waals surface area contributed by atoms with Crippen molar-refractivity contribution in [1.29, 1.82) is 0 Å². The van der Waals surface area contributed by atoms with Crippen molar-refractivity contribution in [3.63, 3.8) is 0 Å². The molecule has 2 nitrogen and oxygen atoms in total. The molecule has 2 aromatic heterocycles. The van der Waals surface area contributed by atoms with Crippen LogP contribution in [0.1, 0.15) is 98.1 Å². The van der Waals surface area contributed by atoms with Crippen LogP contribution in [-0.4, -0.2) is 9.97 Å². The third-order valence-corrected chi connectivity index (χ3v) is 9.78. The summed E-state index contributed by atoms with van der Waals surface area (Å²) in [6.07, 6.45) is 14.9. The molecule has 0 bridgehead atoms. The quantitative estimate of drug-likeness (QED) is 0.204. The number of fused-ring (bicyclic) bond motifs is 2. The first-order valence-electron chi connectivity index (χ1n) is 17.6.